The molecule has 0 aromatic heterocycles. The van der Waals surface area contributed by atoms with E-state index in [0.717, 1.165) is 18.8 Å². The zero-order chi connectivity index (χ0) is 12.7. The predicted molar refractivity (Wildman–Crippen MR) is 71.4 cm³/mol. The minimum atomic E-state index is 0.454. The van der Waals surface area contributed by atoms with Gasteiger partial charge < -0.3 is 15.8 Å². The Hall–Kier alpha value is -1.71. The van der Waals surface area contributed by atoms with Crippen LogP contribution in [-0.4, -0.2) is 19.6 Å². The van der Waals surface area contributed by atoms with Crippen molar-refractivity contribution in [2.75, 3.05) is 13.7 Å². The smallest absolute Gasteiger partial charge is 0.188 e. The average Bonchev–Trinajstić information content (AvgIpc) is 2.34. The molecule has 0 fully saturated rings. The first-order chi connectivity index (χ1) is 8.17. The van der Waals surface area contributed by atoms with Crippen molar-refractivity contribution in [1.29, 1.82) is 0 Å². The van der Waals surface area contributed by atoms with Gasteiger partial charge in [-0.2, -0.15) is 0 Å². The number of nitrogens with one attached hydrogen (secondary N) is 1. The number of benzene rings is 1. The standard InChI is InChI=1S/C13H21N3O/c1-4-7-17-12-6-5-11(10(2)8-12)9-16-13(14)15-3/h5-6,8H,4,7,9H2,1-3H3,(H3,14,15,16). The van der Waals surface area contributed by atoms with E-state index in [0.29, 0.717) is 12.5 Å². The van der Waals surface area contributed by atoms with Gasteiger partial charge in [-0.05, 0) is 36.6 Å². The molecule has 0 bridgehead atoms. The van der Waals surface area contributed by atoms with Crippen molar-refractivity contribution < 1.29 is 4.74 Å². The van der Waals surface area contributed by atoms with Gasteiger partial charge in [-0.3, -0.25) is 4.99 Å². The van der Waals surface area contributed by atoms with E-state index in [1.165, 1.54) is 11.1 Å². The van der Waals surface area contributed by atoms with Crippen LogP contribution in [0.5, 0.6) is 5.75 Å². The second kappa shape index (κ2) is 6.78. The number of rotatable bonds is 5. The van der Waals surface area contributed by atoms with Crippen LogP contribution in [0, 0.1) is 6.92 Å². The SMILES string of the molecule is CCCOc1ccc(CNC(N)=NC)c(C)c1. The fourth-order valence-corrected chi connectivity index (χ4v) is 1.44. The summed E-state index contributed by atoms with van der Waals surface area (Å²) in [6, 6.07) is 6.08. The van der Waals surface area contributed by atoms with Gasteiger partial charge in [-0.15, -0.1) is 0 Å². The molecule has 0 saturated heterocycles. The molecular formula is C13H21N3O. The normalized spacial score (nSPS) is 11.4. The quantitative estimate of drug-likeness (QED) is 0.604. The van der Waals surface area contributed by atoms with E-state index in [2.05, 4.69) is 30.2 Å². The van der Waals surface area contributed by atoms with Crippen molar-refractivity contribution in [2.45, 2.75) is 26.8 Å². The Morgan fingerprint density at radius 3 is 2.82 bits per heavy atom. The van der Waals surface area contributed by atoms with Crippen molar-refractivity contribution in [3.8, 4) is 5.75 Å². The summed E-state index contributed by atoms with van der Waals surface area (Å²) in [7, 11) is 1.66. The van der Waals surface area contributed by atoms with Crippen LogP contribution < -0.4 is 15.8 Å². The maximum atomic E-state index is 5.58. The first kappa shape index (κ1) is 13.4. The Labute approximate surface area is 103 Å². The topological polar surface area (TPSA) is 59.6 Å². The van der Waals surface area contributed by atoms with Crippen LogP contribution in [0.3, 0.4) is 0 Å². The Kier molecular flexibility index (Phi) is 5.33. The first-order valence-electron chi connectivity index (χ1n) is 5.85. The molecule has 1 aromatic carbocycles. The number of aliphatic imine (C=N–C) groups is 1. The molecule has 1 aromatic rings. The van der Waals surface area contributed by atoms with E-state index in [-0.39, 0.29) is 0 Å². The summed E-state index contributed by atoms with van der Waals surface area (Å²) in [4.78, 5) is 3.85. The number of hydrogen-bond acceptors (Lipinski definition) is 2. The summed E-state index contributed by atoms with van der Waals surface area (Å²) in [6.45, 7) is 5.60. The Morgan fingerprint density at radius 2 is 2.24 bits per heavy atom. The minimum absolute atomic E-state index is 0.454. The van der Waals surface area contributed by atoms with Crippen LogP contribution in [-0.2, 0) is 6.54 Å². The second-order valence-electron chi connectivity index (χ2n) is 3.90. The lowest BCUT2D eigenvalue weighted by atomic mass is 10.1. The highest BCUT2D eigenvalue weighted by Gasteiger charge is 2.01. The lowest BCUT2D eigenvalue weighted by Crippen LogP contribution is -2.30. The third-order valence-corrected chi connectivity index (χ3v) is 2.49. The van der Waals surface area contributed by atoms with Crippen LogP contribution in [0.2, 0.25) is 0 Å². The molecule has 0 spiro atoms. The summed E-state index contributed by atoms with van der Waals surface area (Å²) in [5.41, 5.74) is 7.97. The molecule has 94 valence electrons. The molecule has 0 radical (unpaired) electrons. The van der Waals surface area contributed by atoms with Gasteiger partial charge >= 0.3 is 0 Å². The minimum Gasteiger partial charge on any atom is -0.494 e. The van der Waals surface area contributed by atoms with Crippen molar-refractivity contribution in [2.24, 2.45) is 10.7 Å². The van der Waals surface area contributed by atoms with Crippen molar-refractivity contribution in [3.63, 3.8) is 0 Å². The lowest BCUT2D eigenvalue weighted by molar-refractivity contribution is 0.317. The number of nitrogens with zero attached hydrogens (tertiary/aromatic N) is 1. The molecular weight excluding hydrogens is 214 g/mol. The highest BCUT2D eigenvalue weighted by molar-refractivity contribution is 5.77. The zero-order valence-corrected chi connectivity index (χ0v) is 10.8. The predicted octanol–water partition coefficient (Wildman–Crippen LogP) is 1.82. The molecule has 4 heteroatoms. The van der Waals surface area contributed by atoms with Gasteiger partial charge in [0.2, 0.25) is 0 Å². The van der Waals surface area contributed by atoms with E-state index in [1.54, 1.807) is 7.05 Å². The van der Waals surface area contributed by atoms with Crippen LogP contribution >= 0.6 is 0 Å². The van der Waals surface area contributed by atoms with Crippen LogP contribution in [0.1, 0.15) is 24.5 Å². The van der Waals surface area contributed by atoms with Gasteiger partial charge in [-0.1, -0.05) is 13.0 Å². The molecule has 0 atom stereocenters. The molecule has 0 saturated carbocycles. The van der Waals surface area contributed by atoms with Gasteiger partial charge in [0.1, 0.15) is 5.75 Å². The average molecular weight is 235 g/mol. The van der Waals surface area contributed by atoms with Gasteiger partial charge in [0.25, 0.3) is 0 Å². The summed E-state index contributed by atoms with van der Waals surface area (Å²) in [5, 5.41) is 3.04. The van der Waals surface area contributed by atoms with Crippen LogP contribution in [0.15, 0.2) is 23.2 Å². The maximum Gasteiger partial charge on any atom is 0.188 e. The van der Waals surface area contributed by atoms with Crippen LogP contribution in [0.25, 0.3) is 0 Å². The molecule has 0 aliphatic carbocycles. The molecule has 4 nitrogen and oxygen atoms in total. The molecule has 0 unspecified atom stereocenters. The van der Waals surface area contributed by atoms with Crippen molar-refractivity contribution in [3.05, 3.63) is 29.3 Å². The molecule has 0 aliphatic heterocycles. The van der Waals surface area contributed by atoms with Crippen molar-refractivity contribution >= 4 is 5.96 Å². The monoisotopic (exact) mass is 235 g/mol. The Morgan fingerprint density at radius 1 is 1.47 bits per heavy atom. The third-order valence-electron chi connectivity index (χ3n) is 2.49. The molecule has 3 N–H and O–H groups in total. The summed E-state index contributed by atoms with van der Waals surface area (Å²) in [6.07, 6.45) is 1.02. The highest BCUT2D eigenvalue weighted by Crippen LogP contribution is 2.17. The van der Waals surface area contributed by atoms with Gasteiger partial charge in [0.15, 0.2) is 5.96 Å². The third kappa shape index (κ3) is 4.34. The van der Waals surface area contributed by atoms with E-state index in [9.17, 15) is 0 Å². The maximum absolute atomic E-state index is 5.58. The fourth-order valence-electron chi connectivity index (χ4n) is 1.44. The molecule has 0 aliphatic rings. The van der Waals surface area contributed by atoms with E-state index in [1.807, 2.05) is 12.1 Å². The van der Waals surface area contributed by atoms with E-state index < -0.39 is 0 Å². The second-order valence-corrected chi connectivity index (χ2v) is 3.90. The molecule has 17 heavy (non-hydrogen) atoms. The van der Waals surface area contributed by atoms with E-state index >= 15 is 0 Å². The Bertz CT molecular complexity index is 388. The largest absolute Gasteiger partial charge is 0.494 e. The number of aryl methyl sites for hydroxylation is 1. The molecule has 1 rings (SSSR count). The lowest BCUT2D eigenvalue weighted by Gasteiger charge is -2.10. The molecule has 0 heterocycles. The Balaban J connectivity index is 2.62. The summed E-state index contributed by atoms with van der Waals surface area (Å²) < 4.78 is 5.57. The highest BCUT2D eigenvalue weighted by atomic mass is 16.5. The van der Waals surface area contributed by atoms with Gasteiger partial charge in [0.05, 0.1) is 6.61 Å². The molecule has 0 amide bonds. The van der Waals surface area contributed by atoms with Crippen LogP contribution in [0.4, 0.5) is 0 Å². The number of guanidine groups is 1. The zero-order valence-electron chi connectivity index (χ0n) is 10.8. The summed E-state index contributed by atoms with van der Waals surface area (Å²) in [5.74, 6) is 1.38. The van der Waals surface area contributed by atoms with Gasteiger partial charge in [0, 0.05) is 13.6 Å². The van der Waals surface area contributed by atoms with Gasteiger partial charge in [-0.25, -0.2) is 0 Å². The van der Waals surface area contributed by atoms with Crippen molar-refractivity contribution in [1.82, 2.24) is 5.32 Å². The number of ether oxygens (including phenoxy) is 1. The summed E-state index contributed by atoms with van der Waals surface area (Å²) >= 11 is 0. The fraction of sp³-hybridized carbons (Fsp3) is 0.462. The number of hydrogen-bond donors (Lipinski definition) is 2. The first-order valence-corrected chi connectivity index (χ1v) is 5.85. The van der Waals surface area contributed by atoms with E-state index in [4.69, 9.17) is 10.5 Å². The number of nitrogens with two attached hydrogens (primary N) is 1.